The van der Waals surface area contributed by atoms with Gasteiger partial charge in [0.2, 0.25) is 0 Å². The van der Waals surface area contributed by atoms with E-state index in [4.69, 9.17) is 0 Å². The van der Waals surface area contributed by atoms with Crippen LogP contribution in [0.1, 0.15) is 18.6 Å². The fourth-order valence-corrected chi connectivity index (χ4v) is 4.50. The van der Waals surface area contributed by atoms with Gasteiger partial charge in [0, 0.05) is 37.3 Å². The van der Waals surface area contributed by atoms with Gasteiger partial charge < -0.3 is 29.8 Å². The van der Waals surface area contributed by atoms with Crippen LogP contribution in [0.2, 0.25) is 0 Å². The molecule has 0 saturated heterocycles. The number of rotatable bonds is 11. The van der Waals surface area contributed by atoms with Crippen LogP contribution in [0, 0.1) is 0 Å². The molecule has 0 fully saturated rings. The summed E-state index contributed by atoms with van der Waals surface area (Å²) in [7, 11) is -8.83. The van der Waals surface area contributed by atoms with Gasteiger partial charge in [0.05, 0.1) is 0 Å². The third-order valence-corrected chi connectivity index (χ3v) is 5.81. The van der Waals surface area contributed by atoms with E-state index >= 15 is 0 Å². The van der Waals surface area contributed by atoms with Crippen LogP contribution in [0.25, 0.3) is 0 Å². The summed E-state index contributed by atoms with van der Waals surface area (Å²) < 4.78 is 23.1. The van der Waals surface area contributed by atoms with Crippen molar-refractivity contribution in [3.05, 3.63) is 59.7 Å². The number of hydrogen-bond acceptors (Lipinski definition) is 6. The van der Waals surface area contributed by atoms with Crippen molar-refractivity contribution < 1.29 is 56.0 Å². The van der Waals surface area contributed by atoms with Crippen LogP contribution < -0.4 is 0 Å². The predicted molar refractivity (Wildman–Crippen MR) is 118 cm³/mol. The number of benzene rings is 2. The summed E-state index contributed by atoms with van der Waals surface area (Å²) in [6.45, 7) is 0.205. The summed E-state index contributed by atoms with van der Waals surface area (Å²) in [5.41, 5.74) is 0.932. The van der Waals surface area contributed by atoms with E-state index in [1.54, 1.807) is 36.4 Å². The van der Waals surface area contributed by atoms with E-state index in [1.807, 2.05) is 0 Å². The average molecular weight is 532 g/mol. The third kappa shape index (κ3) is 11.6. The summed E-state index contributed by atoms with van der Waals surface area (Å²) >= 11 is 0. The minimum Gasteiger partial charge on any atom is -0.508 e. The number of aromatic hydroxyl groups is 2. The maximum absolute atomic E-state index is 11.5. The summed E-state index contributed by atoms with van der Waals surface area (Å²) in [5, 5.41) is 19.9. The molecule has 0 aromatic heterocycles. The summed E-state index contributed by atoms with van der Waals surface area (Å²) in [4.78, 5) is 40.4. The monoisotopic (exact) mass is 532 g/mol. The van der Waals surface area contributed by atoms with E-state index in [-0.39, 0.29) is 62.2 Å². The van der Waals surface area contributed by atoms with Crippen molar-refractivity contribution in [1.29, 1.82) is 0 Å². The molecule has 32 heavy (non-hydrogen) atoms. The minimum atomic E-state index is -4.42. The zero-order chi connectivity index (χ0) is 22.4. The molecule has 180 valence electrons. The summed E-state index contributed by atoms with van der Waals surface area (Å²) in [6.07, 6.45) is -1.16. The second kappa shape index (κ2) is 13.5. The Morgan fingerprint density at radius 2 is 0.969 bits per heavy atom. The summed E-state index contributed by atoms with van der Waals surface area (Å²) in [6, 6.07) is 12.8. The molecule has 10 nitrogen and oxygen atoms in total. The van der Waals surface area contributed by atoms with E-state index in [0.717, 1.165) is 0 Å². The number of hydrogen-bond donors (Lipinski definition) is 6. The molecule has 0 bridgehead atoms. The van der Waals surface area contributed by atoms with Crippen molar-refractivity contribution in [2.24, 2.45) is 0 Å². The first-order valence-electron chi connectivity index (χ1n) is 9.00. The van der Waals surface area contributed by atoms with Crippen molar-refractivity contribution in [3.8, 4) is 11.5 Å². The van der Waals surface area contributed by atoms with Gasteiger partial charge in [-0.25, -0.2) is 0 Å². The van der Waals surface area contributed by atoms with Gasteiger partial charge in [-0.15, -0.1) is 0 Å². The first-order valence-corrected chi connectivity index (χ1v) is 12.6. The Morgan fingerprint density at radius 3 is 1.25 bits per heavy atom. The molecule has 0 saturated carbocycles. The Bertz CT molecular complexity index is 862. The zero-order valence-corrected chi connectivity index (χ0v) is 19.4. The largest absolute Gasteiger partial charge is 2.00 e. The van der Waals surface area contributed by atoms with Gasteiger partial charge in [0.25, 0.3) is 0 Å². The minimum absolute atomic E-state index is 0. The molecule has 2 rings (SSSR count). The fourth-order valence-electron chi connectivity index (χ4n) is 2.97. The molecule has 0 aliphatic carbocycles. The molecule has 0 atom stereocenters. The second-order valence-electron chi connectivity index (χ2n) is 6.97. The fraction of sp³-hybridized carbons (Fsp3) is 0.368. The molecule has 0 radical (unpaired) electrons. The Hall–Kier alpha value is -1.22. The Morgan fingerprint density at radius 1 is 0.656 bits per heavy atom. The Balaban J connectivity index is 0.00000480. The second-order valence-corrected chi connectivity index (χ2v) is 10.2. The first kappa shape index (κ1) is 30.8. The van der Waals surface area contributed by atoms with Crippen molar-refractivity contribution in [3.63, 3.8) is 0 Å². The number of nitrogens with zero attached hydrogens (tertiary/aromatic N) is 2. The molecule has 0 heterocycles. The summed E-state index contributed by atoms with van der Waals surface area (Å²) in [5.74, 6) is -0.0380. The molecule has 13 heteroatoms. The Labute approximate surface area is 198 Å². The SMILES string of the molecule is C.O=P(O)(O)CN(CCN(Cc1ccccc1O)CP(=O)(O)O)Cc1ccccc1O.[Fe+2]. The van der Waals surface area contributed by atoms with Gasteiger partial charge in [-0.1, -0.05) is 43.8 Å². The molecule has 6 N–H and O–H groups in total. The van der Waals surface area contributed by atoms with Crippen molar-refractivity contribution in [2.75, 3.05) is 25.7 Å². The van der Waals surface area contributed by atoms with E-state index in [2.05, 4.69) is 0 Å². The average Bonchev–Trinajstić information content (AvgIpc) is 2.61. The van der Waals surface area contributed by atoms with Gasteiger partial charge in [-0.3, -0.25) is 18.9 Å². The van der Waals surface area contributed by atoms with E-state index < -0.39 is 27.8 Å². The van der Waals surface area contributed by atoms with Gasteiger partial charge in [0.15, 0.2) is 0 Å². The molecule has 2 aromatic rings. The standard InChI is InChI=1S/C18H26N2O8P2.CH4.Fe/c21-17-7-3-1-5-15(17)11-19(13-29(23,24)25)9-10-20(14-30(26,27)28)12-16-6-2-4-8-18(16)22;;/h1-8,21-22H,9-14H2,(H2,23,24,25)(H2,26,27,28);1H4;/q;;+2. The van der Waals surface area contributed by atoms with Crippen LogP contribution in [0.5, 0.6) is 11.5 Å². The first-order chi connectivity index (χ1) is 13.9. The van der Waals surface area contributed by atoms with E-state index in [0.29, 0.717) is 11.1 Å². The molecule has 0 unspecified atom stereocenters. The third-order valence-electron chi connectivity index (χ3n) is 4.27. The molecule has 0 aliphatic heterocycles. The Kier molecular flexibility index (Phi) is 13.0. The van der Waals surface area contributed by atoms with Crippen LogP contribution in [0.4, 0.5) is 0 Å². The van der Waals surface area contributed by atoms with Crippen LogP contribution in [0.15, 0.2) is 48.5 Å². The van der Waals surface area contributed by atoms with Crippen LogP contribution in [0.3, 0.4) is 0 Å². The van der Waals surface area contributed by atoms with Crippen LogP contribution >= 0.6 is 15.2 Å². The smallest absolute Gasteiger partial charge is 0.508 e. The molecular weight excluding hydrogens is 502 g/mol. The molecular formula is C19H30FeN2O8P2+2. The normalized spacial score (nSPS) is 11.8. The van der Waals surface area contributed by atoms with Crippen LogP contribution in [-0.2, 0) is 39.3 Å². The van der Waals surface area contributed by atoms with E-state index in [1.165, 1.54) is 21.9 Å². The van der Waals surface area contributed by atoms with Gasteiger partial charge in [0.1, 0.15) is 24.1 Å². The molecule has 0 amide bonds. The maximum atomic E-state index is 11.5. The molecule has 2 aromatic carbocycles. The maximum Gasteiger partial charge on any atom is 2.00 e. The van der Waals surface area contributed by atoms with E-state index in [9.17, 15) is 38.9 Å². The van der Waals surface area contributed by atoms with Gasteiger partial charge in [-0.2, -0.15) is 0 Å². The number of phenolic OH excluding ortho intramolecular Hbond substituents is 2. The van der Waals surface area contributed by atoms with Gasteiger partial charge >= 0.3 is 32.3 Å². The topological polar surface area (TPSA) is 162 Å². The zero-order valence-electron chi connectivity index (χ0n) is 16.5. The quantitative estimate of drug-likeness (QED) is 0.187. The number of para-hydroxylation sites is 2. The molecule has 0 aliphatic rings. The van der Waals surface area contributed by atoms with Crippen molar-refractivity contribution in [2.45, 2.75) is 20.5 Å². The van der Waals surface area contributed by atoms with Crippen molar-refractivity contribution >= 4 is 15.2 Å². The number of phenols is 2. The van der Waals surface area contributed by atoms with Gasteiger partial charge in [-0.05, 0) is 12.1 Å². The molecule has 0 spiro atoms. The van der Waals surface area contributed by atoms with Crippen LogP contribution in [-0.4, -0.2) is 65.2 Å². The van der Waals surface area contributed by atoms with Crippen molar-refractivity contribution in [1.82, 2.24) is 9.80 Å². The predicted octanol–water partition coefficient (Wildman–Crippen LogP) is 2.31.